The maximum Gasteiger partial charge on any atom is 0.254 e. The Balaban J connectivity index is 1.56. The van der Waals surface area contributed by atoms with Crippen LogP contribution >= 0.6 is 0 Å². The Hall–Kier alpha value is -2.40. The number of nitrogens with zero attached hydrogens (tertiary/aromatic N) is 4. The lowest BCUT2D eigenvalue weighted by Crippen LogP contribution is -2.54. The summed E-state index contributed by atoms with van der Waals surface area (Å²) in [6.07, 6.45) is 7.81. The first-order chi connectivity index (χ1) is 12.6. The van der Waals surface area contributed by atoms with Gasteiger partial charge < -0.3 is 9.47 Å². The van der Waals surface area contributed by atoms with Crippen LogP contribution < -0.4 is 0 Å². The molecule has 5 heteroatoms. The molecule has 1 spiro atoms. The summed E-state index contributed by atoms with van der Waals surface area (Å²) in [7, 11) is 2.05. The molecule has 136 valence electrons. The maximum atomic E-state index is 12.8. The smallest absolute Gasteiger partial charge is 0.254 e. The van der Waals surface area contributed by atoms with Crippen molar-refractivity contribution >= 4 is 5.91 Å². The number of amides is 1. The van der Waals surface area contributed by atoms with Crippen LogP contribution in [0.2, 0.25) is 0 Å². The van der Waals surface area contributed by atoms with Crippen LogP contribution in [0.5, 0.6) is 0 Å². The molecule has 0 saturated carbocycles. The Labute approximate surface area is 154 Å². The minimum Gasteiger partial charge on any atom is -0.337 e. The van der Waals surface area contributed by atoms with E-state index in [0.29, 0.717) is 6.54 Å². The first-order valence-electron chi connectivity index (χ1n) is 9.31. The number of rotatable bonds is 4. The molecule has 4 rings (SSSR count). The fraction of sp³-hybridized carbons (Fsp3) is 0.429. The number of aryl methyl sites for hydroxylation is 1. The lowest BCUT2D eigenvalue weighted by molar-refractivity contribution is 0.0600. The largest absolute Gasteiger partial charge is 0.337 e. The number of aromatic nitrogens is 2. The summed E-state index contributed by atoms with van der Waals surface area (Å²) in [6, 6.07) is 8.18. The van der Waals surface area contributed by atoms with Gasteiger partial charge in [0.05, 0.1) is 6.54 Å². The average Bonchev–Trinajstić information content (AvgIpc) is 3.06. The minimum absolute atomic E-state index is 0.0612. The van der Waals surface area contributed by atoms with Crippen molar-refractivity contribution in [2.45, 2.75) is 24.8 Å². The number of benzene rings is 1. The molecule has 1 aromatic heterocycles. The van der Waals surface area contributed by atoms with E-state index in [1.807, 2.05) is 42.6 Å². The Morgan fingerprint density at radius 1 is 1.27 bits per heavy atom. The van der Waals surface area contributed by atoms with Crippen LogP contribution in [0.3, 0.4) is 0 Å². The molecule has 0 N–H and O–H groups in total. The van der Waals surface area contributed by atoms with Crippen molar-refractivity contribution in [3.63, 3.8) is 0 Å². The summed E-state index contributed by atoms with van der Waals surface area (Å²) in [4.78, 5) is 21.7. The number of likely N-dealkylation sites (tertiary alicyclic amines) is 1. The SMILES string of the molecule is C=CCN1CC2(CCN(Cc3nccn3C)CC2)c2ccccc2C1=O. The van der Waals surface area contributed by atoms with E-state index in [1.54, 1.807) is 0 Å². The summed E-state index contributed by atoms with van der Waals surface area (Å²) >= 11 is 0. The molecule has 1 amide bonds. The molecule has 2 aromatic rings. The van der Waals surface area contributed by atoms with Gasteiger partial charge in [-0.15, -0.1) is 6.58 Å². The van der Waals surface area contributed by atoms with E-state index in [1.165, 1.54) is 5.56 Å². The third-order valence-corrected chi connectivity index (χ3v) is 5.96. The Kier molecular flexibility index (Phi) is 4.41. The molecule has 2 aliphatic heterocycles. The molecular weight excluding hydrogens is 324 g/mol. The Morgan fingerprint density at radius 2 is 2.04 bits per heavy atom. The Morgan fingerprint density at radius 3 is 2.73 bits per heavy atom. The molecule has 0 bridgehead atoms. The van der Waals surface area contributed by atoms with Gasteiger partial charge in [-0.05, 0) is 37.6 Å². The van der Waals surface area contributed by atoms with Crippen molar-refractivity contribution < 1.29 is 4.79 Å². The second kappa shape index (κ2) is 6.72. The van der Waals surface area contributed by atoms with Gasteiger partial charge in [0.2, 0.25) is 0 Å². The topological polar surface area (TPSA) is 41.4 Å². The highest BCUT2D eigenvalue weighted by Gasteiger charge is 2.44. The molecule has 1 saturated heterocycles. The van der Waals surface area contributed by atoms with Gasteiger partial charge in [0.15, 0.2) is 0 Å². The summed E-state index contributed by atoms with van der Waals surface area (Å²) < 4.78 is 2.09. The summed E-state index contributed by atoms with van der Waals surface area (Å²) in [6.45, 7) is 8.18. The molecule has 1 fully saturated rings. The molecule has 3 heterocycles. The van der Waals surface area contributed by atoms with Crippen LogP contribution in [0.1, 0.15) is 34.6 Å². The van der Waals surface area contributed by atoms with E-state index in [-0.39, 0.29) is 11.3 Å². The fourth-order valence-corrected chi connectivity index (χ4v) is 4.44. The number of hydrogen-bond donors (Lipinski definition) is 0. The van der Waals surface area contributed by atoms with Gasteiger partial charge in [0, 0.05) is 43.5 Å². The van der Waals surface area contributed by atoms with E-state index in [9.17, 15) is 4.79 Å². The van der Waals surface area contributed by atoms with Crippen molar-refractivity contribution in [1.29, 1.82) is 0 Å². The van der Waals surface area contributed by atoms with E-state index in [0.717, 1.165) is 50.4 Å². The van der Waals surface area contributed by atoms with Gasteiger partial charge in [-0.2, -0.15) is 0 Å². The van der Waals surface area contributed by atoms with Gasteiger partial charge in [-0.25, -0.2) is 4.98 Å². The summed E-state index contributed by atoms with van der Waals surface area (Å²) in [5.41, 5.74) is 2.17. The monoisotopic (exact) mass is 350 g/mol. The quantitative estimate of drug-likeness (QED) is 0.796. The van der Waals surface area contributed by atoms with Gasteiger partial charge in [0.1, 0.15) is 5.82 Å². The number of carbonyl (C=O) groups is 1. The predicted octanol–water partition coefficient (Wildman–Crippen LogP) is 2.60. The van der Waals surface area contributed by atoms with Crippen LogP contribution in [-0.2, 0) is 19.0 Å². The molecular formula is C21H26N4O. The third kappa shape index (κ3) is 2.86. The molecule has 26 heavy (non-hydrogen) atoms. The van der Waals surface area contributed by atoms with Crippen molar-refractivity contribution in [2.24, 2.45) is 7.05 Å². The Bertz CT molecular complexity index is 817. The van der Waals surface area contributed by atoms with Crippen molar-refractivity contribution in [1.82, 2.24) is 19.4 Å². The molecule has 0 radical (unpaired) electrons. The van der Waals surface area contributed by atoms with Crippen molar-refractivity contribution in [3.05, 3.63) is 66.3 Å². The van der Waals surface area contributed by atoms with Crippen LogP contribution in [0, 0.1) is 0 Å². The number of piperidine rings is 1. The standard InChI is InChI=1S/C21H26N4O/c1-3-11-25-16-21(18-7-5-4-6-17(18)20(25)26)8-12-24(13-9-21)15-19-22-10-14-23(19)2/h3-7,10,14H,1,8-9,11-13,15-16H2,2H3. The fourth-order valence-electron chi connectivity index (χ4n) is 4.44. The van der Waals surface area contributed by atoms with Crippen LogP contribution in [0.15, 0.2) is 49.3 Å². The van der Waals surface area contributed by atoms with Crippen molar-refractivity contribution in [2.75, 3.05) is 26.2 Å². The molecule has 1 aromatic carbocycles. The van der Waals surface area contributed by atoms with E-state index in [2.05, 4.69) is 33.2 Å². The molecule has 0 aliphatic carbocycles. The van der Waals surface area contributed by atoms with E-state index in [4.69, 9.17) is 0 Å². The molecule has 2 aliphatic rings. The number of imidazole rings is 1. The molecule has 0 atom stereocenters. The van der Waals surface area contributed by atoms with E-state index < -0.39 is 0 Å². The maximum absolute atomic E-state index is 12.8. The van der Waals surface area contributed by atoms with Crippen LogP contribution in [0.25, 0.3) is 0 Å². The summed E-state index contributed by atoms with van der Waals surface area (Å²) in [5.74, 6) is 1.25. The lowest BCUT2D eigenvalue weighted by atomic mass is 9.68. The molecule has 0 unspecified atom stereocenters. The van der Waals surface area contributed by atoms with Gasteiger partial charge in [0.25, 0.3) is 5.91 Å². The summed E-state index contributed by atoms with van der Waals surface area (Å²) in [5, 5.41) is 0. The second-order valence-corrected chi connectivity index (χ2v) is 7.53. The number of carbonyl (C=O) groups excluding carboxylic acids is 1. The highest BCUT2D eigenvalue weighted by atomic mass is 16.2. The predicted molar refractivity (Wildman–Crippen MR) is 102 cm³/mol. The third-order valence-electron chi connectivity index (χ3n) is 5.96. The molecule has 5 nitrogen and oxygen atoms in total. The average molecular weight is 350 g/mol. The highest BCUT2D eigenvalue weighted by molar-refractivity contribution is 5.97. The van der Waals surface area contributed by atoms with Gasteiger partial charge in [-0.1, -0.05) is 24.3 Å². The number of hydrogen-bond acceptors (Lipinski definition) is 3. The van der Waals surface area contributed by atoms with Crippen LogP contribution in [0.4, 0.5) is 0 Å². The zero-order valence-electron chi connectivity index (χ0n) is 15.4. The van der Waals surface area contributed by atoms with E-state index >= 15 is 0 Å². The van der Waals surface area contributed by atoms with Gasteiger partial charge in [-0.3, -0.25) is 9.69 Å². The zero-order valence-corrected chi connectivity index (χ0v) is 15.4. The van der Waals surface area contributed by atoms with Gasteiger partial charge >= 0.3 is 0 Å². The normalized spacial score (nSPS) is 19.6. The van der Waals surface area contributed by atoms with Crippen LogP contribution in [-0.4, -0.2) is 51.4 Å². The second-order valence-electron chi connectivity index (χ2n) is 7.53. The first kappa shape index (κ1) is 17.0. The first-order valence-corrected chi connectivity index (χ1v) is 9.31. The van der Waals surface area contributed by atoms with Crippen molar-refractivity contribution in [3.8, 4) is 0 Å². The highest BCUT2D eigenvalue weighted by Crippen LogP contribution is 2.41. The zero-order chi connectivity index (χ0) is 18.1. The lowest BCUT2D eigenvalue weighted by Gasteiger charge is -2.48. The number of fused-ring (bicyclic) bond motifs is 2. The minimum atomic E-state index is 0.0612.